The van der Waals surface area contributed by atoms with Crippen LogP contribution < -0.4 is 10.6 Å². The standard InChI is InChI=1S/C17H14ClN3O2S2/c1-10-12(18)4-2-5-13(10)20-15(22)8-11-9-25-17(19-11)21-16(23)14-6-3-7-24-14/h2-7,9H,8H2,1H3,(H,20,22)(H,19,21,23). The number of hydrogen-bond donors (Lipinski definition) is 2. The second-order valence-electron chi connectivity index (χ2n) is 5.21. The third kappa shape index (κ3) is 4.45. The van der Waals surface area contributed by atoms with Gasteiger partial charge in [-0.1, -0.05) is 23.7 Å². The van der Waals surface area contributed by atoms with Gasteiger partial charge in [-0.05, 0) is 36.1 Å². The van der Waals surface area contributed by atoms with Gasteiger partial charge in [0.1, 0.15) is 0 Å². The van der Waals surface area contributed by atoms with Crippen LogP contribution >= 0.6 is 34.3 Å². The summed E-state index contributed by atoms with van der Waals surface area (Å²) in [7, 11) is 0. The summed E-state index contributed by atoms with van der Waals surface area (Å²) >= 11 is 8.70. The summed E-state index contributed by atoms with van der Waals surface area (Å²) in [5.41, 5.74) is 2.10. The van der Waals surface area contributed by atoms with Gasteiger partial charge < -0.3 is 5.32 Å². The first kappa shape index (κ1) is 17.6. The summed E-state index contributed by atoms with van der Waals surface area (Å²) in [5.74, 6) is -0.387. The highest BCUT2D eigenvalue weighted by Gasteiger charge is 2.13. The maximum Gasteiger partial charge on any atom is 0.267 e. The van der Waals surface area contributed by atoms with Gasteiger partial charge in [0.15, 0.2) is 5.13 Å². The number of carbonyl (C=O) groups is 2. The van der Waals surface area contributed by atoms with Gasteiger partial charge in [-0.2, -0.15) is 0 Å². The maximum absolute atomic E-state index is 12.2. The van der Waals surface area contributed by atoms with E-state index in [1.54, 1.807) is 29.6 Å². The molecule has 1 aromatic carbocycles. The zero-order chi connectivity index (χ0) is 17.8. The Hall–Kier alpha value is -2.22. The lowest BCUT2D eigenvalue weighted by molar-refractivity contribution is -0.115. The van der Waals surface area contributed by atoms with Crippen molar-refractivity contribution >= 4 is 56.9 Å². The van der Waals surface area contributed by atoms with Gasteiger partial charge in [0, 0.05) is 16.1 Å². The van der Waals surface area contributed by atoms with Crippen LogP contribution in [0.15, 0.2) is 41.1 Å². The number of rotatable bonds is 5. The van der Waals surface area contributed by atoms with Crippen LogP contribution in [-0.2, 0) is 11.2 Å². The molecule has 0 unspecified atom stereocenters. The van der Waals surface area contributed by atoms with Gasteiger partial charge >= 0.3 is 0 Å². The molecule has 0 atom stereocenters. The number of thiophene rings is 1. The van der Waals surface area contributed by atoms with Gasteiger partial charge in [-0.25, -0.2) is 4.98 Å². The molecule has 3 aromatic rings. The number of benzene rings is 1. The van der Waals surface area contributed by atoms with Crippen LogP contribution in [0.2, 0.25) is 5.02 Å². The number of carbonyl (C=O) groups excluding carboxylic acids is 2. The first-order valence-electron chi connectivity index (χ1n) is 7.37. The third-order valence-electron chi connectivity index (χ3n) is 3.40. The van der Waals surface area contributed by atoms with Crippen molar-refractivity contribution in [2.75, 3.05) is 10.6 Å². The summed E-state index contributed by atoms with van der Waals surface area (Å²) in [6.07, 6.45) is 0.122. The van der Waals surface area contributed by atoms with Crippen molar-refractivity contribution in [1.82, 2.24) is 4.98 Å². The van der Waals surface area contributed by atoms with Crippen LogP contribution in [0.4, 0.5) is 10.8 Å². The SMILES string of the molecule is Cc1c(Cl)cccc1NC(=O)Cc1csc(NC(=O)c2cccs2)n1. The Kier molecular flexibility index (Phi) is 5.47. The maximum atomic E-state index is 12.2. The Balaban J connectivity index is 1.60. The molecule has 0 aliphatic carbocycles. The lowest BCUT2D eigenvalue weighted by Crippen LogP contribution is -2.15. The zero-order valence-corrected chi connectivity index (χ0v) is 15.6. The Morgan fingerprint density at radius 1 is 1.16 bits per heavy atom. The summed E-state index contributed by atoms with van der Waals surface area (Å²) in [5, 5.41) is 10.2. The van der Waals surface area contributed by atoms with Crippen molar-refractivity contribution in [3.8, 4) is 0 Å². The average molecular weight is 392 g/mol. The van der Waals surface area contributed by atoms with E-state index in [1.165, 1.54) is 22.7 Å². The van der Waals surface area contributed by atoms with Crippen molar-refractivity contribution in [1.29, 1.82) is 0 Å². The molecule has 0 radical (unpaired) electrons. The lowest BCUT2D eigenvalue weighted by Gasteiger charge is -2.08. The summed E-state index contributed by atoms with van der Waals surface area (Å²) < 4.78 is 0. The van der Waals surface area contributed by atoms with Crippen LogP contribution in [-0.4, -0.2) is 16.8 Å². The number of amides is 2. The number of thiazole rings is 1. The van der Waals surface area contributed by atoms with Gasteiger partial charge in [-0.3, -0.25) is 14.9 Å². The number of nitrogens with zero attached hydrogens (tertiary/aromatic N) is 1. The highest BCUT2D eigenvalue weighted by atomic mass is 35.5. The number of aromatic nitrogens is 1. The summed E-state index contributed by atoms with van der Waals surface area (Å²) in [4.78, 5) is 29.1. The van der Waals surface area contributed by atoms with E-state index in [-0.39, 0.29) is 18.2 Å². The first-order chi connectivity index (χ1) is 12.0. The van der Waals surface area contributed by atoms with E-state index in [2.05, 4.69) is 15.6 Å². The fraction of sp³-hybridized carbons (Fsp3) is 0.118. The molecule has 2 heterocycles. The highest BCUT2D eigenvalue weighted by molar-refractivity contribution is 7.14. The number of hydrogen-bond acceptors (Lipinski definition) is 5. The molecule has 2 amide bonds. The van der Waals surface area contributed by atoms with E-state index in [1.807, 2.05) is 18.4 Å². The Bertz CT molecular complexity index is 907. The van der Waals surface area contributed by atoms with E-state index in [9.17, 15) is 9.59 Å². The van der Waals surface area contributed by atoms with Crippen LogP contribution in [0.1, 0.15) is 20.9 Å². The largest absolute Gasteiger partial charge is 0.325 e. The first-order valence-corrected chi connectivity index (χ1v) is 9.51. The van der Waals surface area contributed by atoms with Crippen LogP contribution in [0, 0.1) is 6.92 Å². The van der Waals surface area contributed by atoms with E-state index >= 15 is 0 Å². The normalized spacial score (nSPS) is 10.5. The molecule has 0 fully saturated rings. The van der Waals surface area contributed by atoms with Crippen molar-refractivity contribution in [3.63, 3.8) is 0 Å². The molecule has 128 valence electrons. The summed E-state index contributed by atoms with van der Waals surface area (Å²) in [6.45, 7) is 1.85. The van der Waals surface area contributed by atoms with Crippen LogP contribution in [0.5, 0.6) is 0 Å². The smallest absolute Gasteiger partial charge is 0.267 e. The molecule has 8 heteroatoms. The molecular formula is C17H14ClN3O2S2. The number of halogens is 1. The molecule has 0 spiro atoms. The van der Waals surface area contributed by atoms with E-state index in [4.69, 9.17) is 11.6 Å². The molecule has 5 nitrogen and oxygen atoms in total. The van der Waals surface area contributed by atoms with Crippen molar-refractivity contribution in [3.05, 3.63) is 62.2 Å². The highest BCUT2D eigenvalue weighted by Crippen LogP contribution is 2.23. The Labute approximate surface area is 157 Å². The van der Waals surface area contributed by atoms with Crippen LogP contribution in [0.25, 0.3) is 0 Å². The molecule has 0 saturated carbocycles. The topological polar surface area (TPSA) is 71.1 Å². The lowest BCUT2D eigenvalue weighted by atomic mass is 10.2. The Morgan fingerprint density at radius 2 is 2.00 bits per heavy atom. The molecular weight excluding hydrogens is 378 g/mol. The quantitative estimate of drug-likeness (QED) is 0.667. The van der Waals surface area contributed by atoms with Gasteiger partial charge in [0.2, 0.25) is 5.91 Å². The molecule has 3 rings (SSSR count). The fourth-order valence-electron chi connectivity index (χ4n) is 2.11. The van der Waals surface area contributed by atoms with Gasteiger partial charge in [0.05, 0.1) is 17.0 Å². The van der Waals surface area contributed by atoms with Crippen molar-refractivity contribution in [2.24, 2.45) is 0 Å². The van der Waals surface area contributed by atoms with Crippen LogP contribution in [0.3, 0.4) is 0 Å². The monoisotopic (exact) mass is 391 g/mol. The molecule has 0 aliphatic rings. The minimum atomic E-state index is -0.199. The number of nitrogens with one attached hydrogen (secondary N) is 2. The summed E-state index contributed by atoms with van der Waals surface area (Å²) in [6, 6.07) is 8.92. The molecule has 2 aromatic heterocycles. The van der Waals surface area contributed by atoms with Crippen molar-refractivity contribution < 1.29 is 9.59 Å². The zero-order valence-electron chi connectivity index (χ0n) is 13.2. The van der Waals surface area contributed by atoms with E-state index < -0.39 is 0 Å². The second kappa shape index (κ2) is 7.77. The molecule has 0 bridgehead atoms. The molecule has 25 heavy (non-hydrogen) atoms. The van der Waals surface area contributed by atoms with E-state index in [0.717, 1.165) is 5.56 Å². The number of anilines is 2. The Morgan fingerprint density at radius 3 is 2.76 bits per heavy atom. The fourth-order valence-corrected chi connectivity index (χ4v) is 3.61. The third-order valence-corrected chi connectivity index (χ3v) is 5.49. The minimum Gasteiger partial charge on any atom is -0.325 e. The van der Waals surface area contributed by atoms with Crippen molar-refractivity contribution in [2.45, 2.75) is 13.3 Å². The second-order valence-corrected chi connectivity index (χ2v) is 7.43. The molecule has 2 N–H and O–H groups in total. The van der Waals surface area contributed by atoms with Gasteiger partial charge in [-0.15, -0.1) is 22.7 Å². The minimum absolute atomic E-state index is 0.122. The molecule has 0 aliphatic heterocycles. The van der Waals surface area contributed by atoms with E-state index in [0.29, 0.717) is 26.4 Å². The van der Waals surface area contributed by atoms with Gasteiger partial charge in [0.25, 0.3) is 5.91 Å². The predicted octanol–water partition coefficient (Wildman–Crippen LogP) is 4.60. The average Bonchev–Trinajstić information content (AvgIpc) is 3.24. The predicted molar refractivity (Wildman–Crippen MR) is 103 cm³/mol. The molecule has 0 saturated heterocycles.